The van der Waals surface area contributed by atoms with Gasteiger partial charge in [-0.25, -0.2) is 0 Å². The molecule has 3 rings (SSSR count). The number of nitriles is 1. The van der Waals surface area contributed by atoms with Crippen LogP contribution in [0.15, 0.2) is 22.7 Å². The Morgan fingerprint density at radius 3 is 2.96 bits per heavy atom. The van der Waals surface area contributed by atoms with Crippen LogP contribution in [0.3, 0.4) is 0 Å². The van der Waals surface area contributed by atoms with Gasteiger partial charge in [0.15, 0.2) is 5.11 Å². The molecule has 8 heteroatoms. The van der Waals surface area contributed by atoms with E-state index in [0.717, 1.165) is 24.8 Å². The van der Waals surface area contributed by atoms with Gasteiger partial charge in [0, 0.05) is 10.4 Å². The fourth-order valence-electron chi connectivity index (χ4n) is 3.18. The van der Waals surface area contributed by atoms with Gasteiger partial charge in [-0.2, -0.15) is 5.26 Å². The van der Waals surface area contributed by atoms with Gasteiger partial charge in [-0.15, -0.1) is 11.3 Å². The second kappa shape index (κ2) is 9.03. The maximum absolute atomic E-state index is 12.5. The molecule has 2 N–H and O–H groups in total. The van der Waals surface area contributed by atoms with Crippen LogP contribution < -0.4 is 15.4 Å². The van der Waals surface area contributed by atoms with Gasteiger partial charge in [-0.1, -0.05) is 6.92 Å². The lowest BCUT2D eigenvalue weighted by Gasteiger charge is -2.17. The van der Waals surface area contributed by atoms with E-state index in [-0.39, 0.29) is 11.0 Å². The molecule has 0 unspecified atom stereocenters. The molecule has 0 spiro atoms. The fraction of sp³-hybridized carbons (Fsp3) is 0.350. The minimum Gasteiger partial charge on any atom is -0.493 e. The van der Waals surface area contributed by atoms with E-state index < -0.39 is 0 Å². The van der Waals surface area contributed by atoms with Crippen molar-refractivity contribution in [1.29, 1.82) is 5.26 Å². The maximum Gasteiger partial charge on any atom is 0.257 e. The zero-order valence-corrected chi connectivity index (χ0v) is 18.8. The molecule has 1 amide bonds. The molecular weight excluding hydrogens is 458 g/mol. The highest BCUT2D eigenvalue weighted by atomic mass is 79.9. The molecule has 146 valence electrons. The summed E-state index contributed by atoms with van der Waals surface area (Å²) in [6, 6.07) is 7.40. The van der Waals surface area contributed by atoms with Gasteiger partial charge in [0.2, 0.25) is 0 Å². The standard InChI is InChI=1S/C20H20BrN3O2S2/c1-3-26-16-7-5-12(9-15(16)21)18(25)23-20(27)24-19-14(10-22)13-6-4-11(2)8-17(13)28-19/h5,7,9,11H,3-4,6,8H2,1-2H3,(H2,23,24,25,27)/t11-/m1/s1. The van der Waals surface area contributed by atoms with Gasteiger partial charge in [-0.05, 0) is 84.0 Å². The molecule has 1 heterocycles. The Labute approximate surface area is 182 Å². The molecule has 1 aromatic heterocycles. The van der Waals surface area contributed by atoms with E-state index >= 15 is 0 Å². The van der Waals surface area contributed by atoms with Gasteiger partial charge >= 0.3 is 0 Å². The first-order valence-electron chi connectivity index (χ1n) is 9.02. The van der Waals surface area contributed by atoms with Crippen molar-refractivity contribution in [3.8, 4) is 11.8 Å². The van der Waals surface area contributed by atoms with Gasteiger partial charge in [0.1, 0.15) is 16.8 Å². The van der Waals surface area contributed by atoms with Crippen molar-refractivity contribution >= 4 is 55.5 Å². The molecule has 0 saturated heterocycles. The van der Waals surface area contributed by atoms with Crippen LogP contribution in [0.25, 0.3) is 0 Å². The summed E-state index contributed by atoms with van der Waals surface area (Å²) >= 11 is 10.3. The average Bonchev–Trinajstić information content (AvgIpc) is 2.99. The largest absolute Gasteiger partial charge is 0.493 e. The average molecular weight is 478 g/mol. The molecule has 0 aliphatic heterocycles. The van der Waals surface area contributed by atoms with E-state index in [0.29, 0.717) is 38.9 Å². The van der Waals surface area contributed by atoms with Crippen LogP contribution in [0.2, 0.25) is 0 Å². The number of carbonyl (C=O) groups excluding carboxylic acids is 1. The van der Waals surface area contributed by atoms with Crippen molar-refractivity contribution in [2.45, 2.75) is 33.1 Å². The first-order chi connectivity index (χ1) is 13.4. The van der Waals surface area contributed by atoms with E-state index in [2.05, 4.69) is 39.6 Å². The molecule has 1 aromatic carbocycles. The summed E-state index contributed by atoms with van der Waals surface area (Å²) in [5, 5.41) is 16.2. The number of carbonyl (C=O) groups is 1. The lowest BCUT2D eigenvalue weighted by molar-refractivity contribution is 0.0977. The van der Waals surface area contributed by atoms with Crippen LogP contribution in [0, 0.1) is 17.2 Å². The summed E-state index contributed by atoms with van der Waals surface area (Å²) in [5.41, 5.74) is 2.23. The second-order valence-electron chi connectivity index (χ2n) is 6.65. The number of hydrogen-bond acceptors (Lipinski definition) is 5. The Hall–Kier alpha value is -1.95. The van der Waals surface area contributed by atoms with Gasteiger partial charge in [0.25, 0.3) is 5.91 Å². The Bertz CT molecular complexity index is 965. The number of fused-ring (bicyclic) bond motifs is 1. The molecule has 1 aliphatic carbocycles. The van der Waals surface area contributed by atoms with E-state index in [4.69, 9.17) is 17.0 Å². The number of amides is 1. The summed E-state index contributed by atoms with van der Waals surface area (Å²) in [6.07, 6.45) is 2.98. The lowest BCUT2D eigenvalue weighted by atomic mass is 9.89. The number of halogens is 1. The highest BCUT2D eigenvalue weighted by molar-refractivity contribution is 9.10. The third-order valence-electron chi connectivity index (χ3n) is 4.57. The number of nitrogens with zero attached hydrogens (tertiary/aromatic N) is 1. The summed E-state index contributed by atoms with van der Waals surface area (Å²) < 4.78 is 6.16. The SMILES string of the molecule is CCOc1ccc(C(=O)NC(=S)Nc2sc3c(c2C#N)CC[C@@H](C)C3)cc1Br. The normalized spacial score (nSPS) is 15.3. The molecule has 28 heavy (non-hydrogen) atoms. The molecule has 0 radical (unpaired) electrons. The number of rotatable bonds is 4. The summed E-state index contributed by atoms with van der Waals surface area (Å²) in [6.45, 7) is 4.67. The van der Waals surface area contributed by atoms with Crippen molar-refractivity contribution in [2.75, 3.05) is 11.9 Å². The van der Waals surface area contributed by atoms with Crippen molar-refractivity contribution in [3.05, 3.63) is 44.2 Å². The zero-order valence-electron chi connectivity index (χ0n) is 15.6. The third kappa shape index (κ3) is 4.54. The first kappa shape index (κ1) is 20.8. The van der Waals surface area contributed by atoms with E-state index in [1.807, 2.05) is 6.92 Å². The Kier molecular flexibility index (Phi) is 6.70. The Morgan fingerprint density at radius 1 is 1.50 bits per heavy atom. The van der Waals surface area contributed by atoms with Crippen molar-refractivity contribution in [3.63, 3.8) is 0 Å². The van der Waals surface area contributed by atoms with E-state index in [9.17, 15) is 10.1 Å². The molecule has 1 atom stereocenters. The van der Waals surface area contributed by atoms with Crippen molar-refractivity contribution in [1.82, 2.24) is 5.32 Å². The number of hydrogen-bond donors (Lipinski definition) is 2. The van der Waals surface area contributed by atoms with Crippen LogP contribution in [-0.4, -0.2) is 17.6 Å². The number of thiocarbonyl (C=S) groups is 1. The summed E-state index contributed by atoms with van der Waals surface area (Å²) in [5.74, 6) is 0.974. The van der Waals surface area contributed by atoms with Crippen molar-refractivity contribution < 1.29 is 9.53 Å². The second-order valence-corrected chi connectivity index (χ2v) is 9.02. The van der Waals surface area contributed by atoms with Crippen LogP contribution >= 0.6 is 39.5 Å². The first-order valence-corrected chi connectivity index (χ1v) is 11.0. The number of ether oxygens (including phenoxy) is 1. The monoisotopic (exact) mass is 477 g/mol. The smallest absolute Gasteiger partial charge is 0.257 e. The van der Waals surface area contributed by atoms with Gasteiger partial charge < -0.3 is 10.1 Å². The number of thiophene rings is 1. The molecule has 2 aromatic rings. The Balaban J connectivity index is 1.70. The number of anilines is 1. The molecule has 5 nitrogen and oxygen atoms in total. The van der Waals surface area contributed by atoms with Gasteiger partial charge in [0.05, 0.1) is 16.6 Å². The van der Waals surface area contributed by atoms with Crippen LogP contribution in [0.4, 0.5) is 5.00 Å². The zero-order chi connectivity index (χ0) is 20.3. The Morgan fingerprint density at radius 2 is 2.29 bits per heavy atom. The molecular formula is C20H20BrN3O2S2. The van der Waals surface area contributed by atoms with Crippen LogP contribution in [0.1, 0.15) is 46.6 Å². The highest BCUT2D eigenvalue weighted by Gasteiger charge is 2.24. The summed E-state index contributed by atoms with van der Waals surface area (Å²) in [7, 11) is 0. The quantitative estimate of drug-likeness (QED) is 0.603. The molecule has 0 saturated carbocycles. The lowest BCUT2D eigenvalue weighted by Crippen LogP contribution is -2.34. The molecule has 0 fully saturated rings. The van der Waals surface area contributed by atoms with Crippen LogP contribution in [-0.2, 0) is 12.8 Å². The molecule has 1 aliphatic rings. The third-order valence-corrected chi connectivity index (χ3v) is 6.57. The fourth-order valence-corrected chi connectivity index (χ4v) is 5.30. The predicted molar refractivity (Wildman–Crippen MR) is 119 cm³/mol. The maximum atomic E-state index is 12.5. The van der Waals surface area contributed by atoms with E-state index in [1.165, 1.54) is 4.88 Å². The minimum absolute atomic E-state index is 0.179. The van der Waals surface area contributed by atoms with Crippen molar-refractivity contribution in [2.24, 2.45) is 5.92 Å². The minimum atomic E-state index is -0.324. The van der Waals surface area contributed by atoms with Crippen LogP contribution in [0.5, 0.6) is 5.75 Å². The van der Waals surface area contributed by atoms with E-state index in [1.54, 1.807) is 29.5 Å². The van der Waals surface area contributed by atoms with Gasteiger partial charge in [-0.3, -0.25) is 10.1 Å². The number of nitrogens with one attached hydrogen (secondary N) is 2. The topological polar surface area (TPSA) is 74.2 Å². The summed E-state index contributed by atoms with van der Waals surface area (Å²) in [4.78, 5) is 13.7. The predicted octanol–water partition coefficient (Wildman–Crippen LogP) is 5.03. The number of benzene rings is 1. The highest BCUT2D eigenvalue weighted by Crippen LogP contribution is 2.39. The molecule has 0 bridgehead atoms.